The van der Waals surface area contributed by atoms with E-state index in [1.54, 1.807) is 0 Å². The van der Waals surface area contributed by atoms with Crippen molar-refractivity contribution in [1.82, 2.24) is 9.13 Å². The van der Waals surface area contributed by atoms with Gasteiger partial charge >= 0.3 is 0 Å². The van der Waals surface area contributed by atoms with Crippen molar-refractivity contribution in [2.75, 3.05) is 0 Å². The molecule has 294 valence electrons. The van der Waals surface area contributed by atoms with Crippen molar-refractivity contribution in [1.29, 1.82) is 0 Å². The van der Waals surface area contributed by atoms with E-state index >= 15 is 0 Å². The summed E-state index contributed by atoms with van der Waals surface area (Å²) in [4.78, 5) is 0. The molecule has 2 heterocycles. The second kappa shape index (κ2) is 17.8. The Kier molecular flexibility index (Phi) is 12.8. The molecule has 7 aromatic rings. The molecule has 4 nitrogen and oxygen atoms in total. The lowest BCUT2D eigenvalue weighted by Crippen LogP contribution is -2.37. The summed E-state index contributed by atoms with van der Waals surface area (Å²) in [6, 6.07) is 42.0. The van der Waals surface area contributed by atoms with Crippen LogP contribution in [0.2, 0.25) is 0 Å². The third-order valence-electron chi connectivity index (χ3n) is 11.2. The highest BCUT2D eigenvalue weighted by atomic mass is 15.2. The first-order valence-electron chi connectivity index (χ1n) is 21.0. The van der Waals surface area contributed by atoms with Gasteiger partial charge in [-0.1, -0.05) is 140 Å². The quantitative estimate of drug-likeness (QED) is 0.124. The molecule has 0 aliphatic rings. The topological polar surface area (TPSA) is 17.6 Å². The lowest BCUT2D eigenvalue weighted by molar-refractivity contribution is -0.704. The minimum atomic E-state index is 0.398. The maximum atomic E-state index is 2.42. The molecule has 5 aromatic carbocycles. The number of benzene rings is 5. The molecular weight excluding hydrogens is 693 g/mol. The summed E-state index contributed by atoms with van der Waals surface area (Å²) < 4.78 is 9.42. The van der Waals surface area contributed by atoms with Crippen LogP contribution in [0, 0.1) is 6.92 Å². The molecule has 0 N–H and O–H groups in total. The van der Waals surface area contributed by atoms with Gasteiger partial charge in [0.2, 0.25) is 0 Å². The van der Waals surface area contributed by atoms with Crippen LogP contribution in [-0.4, -0.2) is 9.13 Å². The van der Waals surface area contributed by atoms with Crippen molar-refractivity contribution in [2.24, 2.45) is 7.05 Å². The van der Waals surface area contributed by atoms with Gasteiger partial charge in [0.25, 0.3) is 11.6 Å². The van der Waals surface area contributed by atoms with E-state index in [4.69, 9.17) is 0 Å². The van der Waals surface area contributed by atoms with Crippen molar-refractivity contribution >= 4 is 0 Å². The van der Waals surface area contributed by atoms with E-state index < -0.39 is 0 Å². The van der Waals surface area contributed by atoms with Crippen molar-refractivity contribution in [2.45, 2.75) is 106 Å². The highest BCUT2D eigenvalue weighted by Crippen LogP contribution is 2.38. The number of aryl methyl sites for hydroxylation is 2. The van der Waals surface area contributed by atoms with Crippen LogP contribution in [-0.2, 0) is 7.05 Å². The molecule has 0 aliphatic heterocycles. The first-order chi connectivity index (χ1) is 27.3. The average Bonchev–Trinajstić information content (AvgIpc) is 3.82. The SMILES string of the molecule is CC(C)c1cc(-c2ccccc2)cc(C(C)C)c1-n1cc[n+](C)c1-c1ccccc1.Cc1ccccc1-c1n(-c2c(C(C)C)cccc2C(C)C)cc[n+]1C(C)C. The monoisotopic (exact) mass is 757 g/mol. The molecule has 0 radical (unpaired) electrons. The van der Waals surface area contributed by atoms with Crippen molar-refractivity contribution in [3.63, 3.8) is 0 Å². The van der Waals surface area contributed by atoms with Crippen molar-refractivity contribution < 1.29 is 9.13 Å². The Morgan fingerprint density at radius 3 is 1.40 bits per heavy atom. The number of hydrogen-bond donors (Lipinski definition) is 0. The summed E-state index contributed by atoms with van der Waals surface area (Å²) >= 11 is 0. The Balaban J connectivity index is 0.000000194. The number of rotatable bonds is 10. The molecular formula is C53H64N4+2. The number of para-hydroxylation sites is 1. The van der Waals surface area contributed by atoms with Gasteiger partial charge in [0, 0.05) is 22.3 Å². The molecule has 2 aromatic heterocycles. The predicted octanol–water partition coefficient (Wildman–Crippen LogP) is 13.5. The largest absolute Gasteiger partial charge is 0.294 e. The van der Waals surface area contributed by atoms with Crippen LogP contribution < -0.4 is 9.13 Å². The fourth-order valence-electron chi connectivity index (χ4n) is 8.11. The summed E-state index contributed by atoms with van der Waals surface area (Å²) in [5, 5.41) is 0. The third kappa shape index (κ3) is 8.61. The second-order valence-electron chi connectivity index (χ2n) is 17.0. The fourth-order valence-corrected chi connectivity index (χ4v) is 8.11. The van der Waals surface area contributed by atoms with Gasteiger partial charge in [-0.25, -0.2) is 9.13 Å². The van der Waals surface area contributed by atoms with Crippen LogP contribution in [0.5, 0.6) is 0 Å². The smallest absolute Gasteiger partial charge is 0.232 e. The van der Waals surface area contributed by atoms with Gasteiger partial charge in [-0.15, -0.1) is 0 Å². The lowest BCUT2D eigenvalue weighted by Gasteiger charge is -2.20. The third-order valence-corrected chi connectivity index (χ3v) is 11.2. The number of aromatic nitrogens is 4. The summed E-state index contributed by atoms with van der Waals surface area (Å²) in [6.07, 6.45) is 8.84. The molecule has 57 heavy (non-hydrogen) atoms. The van der Waals surface area contributed by atoms with E-state index in [0.29, 0.717) is 29.7 Å². The van der Waals surface area contributed by atoms with Gasteiger partial charge in [-0.3, -0.25) is 0 Å². The van der Waals surface area contributed by atoms with E-state index in [1.807, 2.05) is 0 Å². The van der Waals surface area contributed by atoms with Crippen LogP contribution in [0.25, 0.3) is 45.3 Å². The Bertz CT molecular complexity index is 2350. The van der Waals surface area contributed by atoms with Gasteiger partial charge in [0.15, 0.2) is 0 Å². The maximum absolute atomic E-state index is 2.42. The zero-order valence-electron chi connectivity index (χ0n) is 36.5. The van der Waals surface area contributed by atoms with Gasteiger partial charge in [-0.2, -0.15) is 9.13 Å². The summed E-state index contributed by atoms with van der Waals surface area (Å²) in [5.41, 5.74) is 14.6. The van der Waals surface area contributed by atoms with E-state index in [9.17, 15) is 0 Å². The van der Waals surface area contributed by atoms with Crippen LogP contribution in [0.15, 0.2) is 140 Å². The zero-order valence-corrected chi connectivity index (χ0v) is 36.5. The van der Waals surface area contributed by atoms with Gasteiger partial charge in [0.1, 0.15) is 36.2 Å². The first-order valence-corrected chi connectivity index (χ1v) is 21.0. The van der Waals surface area contributed by atoms with E-state index in [1.165, 1.54) is 73.1 Å². The van der Waals surface area contributed by atoms with Crippen molar-refractivity contribution in [3.05, 3.63) is 168 Å². The second-order valence-corrected chi connectivity index (χ2v) is 17.0. The van der Waals surface area contributed by atoms with Gasteiger partial charge in [0.05, 0.1) is 24.2 Å². The van der Waals surface area contributed by atoms with Crippen LogP contribution >= 0.6 is 0 Å². The molecule has 0 aliphatic carbocycles. The zero-order chi connectivity index (χ0) is 41.0. The molecule has 0 saturated heterocycles. The highest BCUT2D eigenvalue weighted by Gasteiger charge is 2.29. The molecule has 0 bridgehead atoms. The molecule has 0 fully saturated rings. The molecule has 0 saturated carbocycles. The predicted molar refractivity (Wildman–Crippen MR) is 241 cm³/mol. The van der Waals surface area contributed by atoms with Gasteiger partial charge < -0.3 is 0 Å². The fraction of sp³-hybridized carbons (Fsp3) is 0.321. The molecule has 4 heteroatoms. The Morgan fingerprint density at radius 1 is 0.439 bits per heavy atom. The normalized spacial score (nSPS) is 11.6. The van der Waals surface area contributed by atoms with E-state index in [2.05, 4.69) is 242 Å². The standard InChI is InChI=1S/C28H31N2.C25H33N2/c1-20(2)25-18-24(22-12-8-6-9-13-22)19-26(21(3)4)27(25)30-17-16-29(5)28(30)23-14-10-7-11-15-23;1-17(2)21-13-10-14-22(18(3)4)24(21)27-16-15-26(19(5)6)25(27)23-12-9-8-11-20(23)7/h6-21H,1-5H3;8-19H,1-7H3/q2*+1. The Morgan fingerprint density at radius 2 is 0.895 bits per heavy atom. The van der Waals surface area contributed by atoms with Crippen LogP contribution in [0.3, 0.4) is 0 Å². The summed E-state index contributed by atoms with van der Waals surface area (Å²) in [6.45, 7) is 25.0. The van der Waals surface area contributed by atoms with E-state index in [0.717, 1.165) is 0 Å². The minimum absolute atomic E-state index is 0.398. The number of imidazole rings is 2. The number of nitrogens with zero attached hydrogens (tertiary/aromatic N) is 4. The highest BCUT2D eigenvalue weighted by molar-refractivity contribution is 5.71. The molecule has 0 amide bonds. The Labute approximate surface area is 343 Å². The average molecular weight is 757 g/mol. The molecule has 0 atom stereocenters. The first kappa shape index (κ1) is 41.2. The van der Waals surface area contributed by atoms with Crippen LogP contribution in [0.4, 0.5) is 0 Å². The molecule has 0 spiro atoms. The maximum Gasteiger partial charge on any atom is 0.294 e. The molecule has 7 rings (SSSR count). The van der Waals surface area contributed by atoms with E-state index in [-0.39, 0.29) is 0 Å². The summed E-state index contributed by atoms with van der Waals surface area (Å²) in [7, 11) is 2.13. The van der Waals surface area contributed by atoms with Gasteiger partial charge in [-0.05, 0) is 91.5 Å². The number of hydrogen-bond acceptors (Lipinski definition) is 0. The van der Waals surface area contributed by atoms with Crippen LogP contribution in [0.1, 0.15) is 127 Å². The van der Waals surface area contributed by atoms with Crippen molar-refractivity contribution in [3.8, 4) is 45.3 Å². The molecule has 0 unspecified atom stereocenters. The Hall–Kier alpha value is -5.48. The minimum Gasteiger partial charge on any atom is -0.232 e. The lowest BCUT2D eigenvalue weighted by atomic mass is 9.88. The summed E-state index contributed by atoms with van der Waals surface area (Å²) in [5.74, 6) is 4.23.